The van der Waals surface area contributed by atoms with Crippen molar-refractivity contribution in [3.8, 4) is 0 Å². The lowest BCUT2D eigenvalue weighted by atomic mass is 10.5. The summed E-state index contributed by atoms with van der Waals surface area (Å²) in [5.74, 6) is 0. The fraction of sp³-hybridized carbons (Fsp3) is 0.200. The van der Waals surface area contributed by atoms with E-state index in [1.54, 1.807) is 6.20 Å². The first-order valence-electron chi connectivity index (χ1n) is 2.33. The number of aliphatic imine (C=N–C) groups is 1. The maximum absolute atomic E-state index is 9.71. The second-order valence-electron chi connectivity index (χ2n) is 1.47. The van der Waals surface area contributed by atoms with Crippen molar-refractivity contribution in [2.45, 2.75) is 6.92 Å². The minimum atomic E-state index is 0.620. The number of hydrogen-bond donors (Lipinski definition) is 0. The van der Waals surface area contributed by atoms with E-state index in [0.717, 1.165) is 4.88 Å². The van der Waals surface area contributed by atoms with Crippen LogP contribution in [0.15, 0.2) is 11.2 Å². The first-order chi connectivity index (χ1) is 4.34. The number of aryl methyl sites for hydroxylation is 1. The second kappa shape index (κ2) is 2.53. The molecule has 3 nitrogen and oxygen atoms in total. The molecule has 0 atom stereocenters. The Hall–Kier alpha value is -0.990. The monoisotopic (exact) mass is 140 g/mol. The predicted octanol–water partition coefficient (Wildman–Crippen LogP) is 1.42. The molecule has 0 bridgehead atoms. The number of isocyanates is 1. The zero-order valence-electron chi connectivity index (χ0n) is 4.79. The fourth-order valence-electron chi connectivity index (χ4n) is 0.450. The molecule has 1 rings (SSSR count). The summed E-state index contributed by atoms with van der Waals surface area (Å²) in [6.07, 6.45) is 3.00. The van der Waals surface area contributed by atoms with E-state index in [4.69, 9.17) is 0 Å². The van der Waals surface area contributed by atoms with Crippen LogP contribution in [0.3, 0.4) is 0 Å². The lowest BCUT2D eigenvalue weighted by molar-refractivity contribution is 0.565. The molecule has 0 spiro atoms. The smallest absolute Gasteiger partial charge is 0.211 e. The third-order valence-electron chi connectivity index (χ3n) is 0.891. The Balaban J connectivity index is 3.07. The minimum absolute atomic E-state index is 0.620. The van der Waals surface area contributed by atoms with E-state index in [9.17, 15) is 4.79 Å². The summed E-state index contributed by atoms with van der Waals surface area (Å²) in [7, 11) is 0. The Kier molecular flexibility index (Phi) is 1.72. The van der Waals surface area contributed by atoms with Gasteiger partial charge >= 0.3 is 0 Å². The number of carbonyl (C=O) groups excluding carboxylic acids is 1. The summed E-state index contributed by atoms with van der Waals surface area (Å²) in [6.45, 7) is 1.86. The molecular formula is C5H4N2OS. The van der Waals surface area contributed by atoms with Gasteiger partial charge in [-0.05, 0) is 18.5 Å². The van der Waals surface area contributed by atoms with E-state index >= 15 is 0 Å². The molecule has 0 radical (unpaired) electrons. The average Bonchev–Trinajstić information content (AvgIpc) is 2.18. The minimum Gasteiger partial charge on any atom is -0.211 e. The Labute approximate surface area is 56.2 Å². The normalized spacial score (nSPS) is 8.56. The highest BCUT2D eigenvalue weighted by molar-refractivity contribution is 7.06. The van der Waals surface area contributed by atoms with E-state index in [1.807, 2.05) is 6.92 Å². The van der Waals surface area contributed by atoms with Crippen LogP contribution in [0.2, 0.25) is 0 Å². The van der Waals surface area contributed by atoms with E-state index in [0.29, 0.717) is 5.69 Å². The number of rotatable bonds is 1. The molecule has 0 N–H and O–H groups in total. The second-order valence-corrected chi connectivity index (χ2v) is 2.48. The summed E-state index contributed by atoms with van der Waals surface area (Å²) in [6, 6.07) is 0. The highest BCUT2D eigenvalue weighted by atomic mass is 32.1. The quantitative estimate of drug-likeness (QED) is 0.437. The molecule has 46 valence electrons. The maximum Gasteiger partial charge on any atom is 0.240 e. The van der Waals surface area contributed by atoms with Crippen LogP contribution in [0.4, 0.5) is 5.69 Å². The van der Waals surface area contributed by atoms with Gasteiger partial charge in [0.05, 0.1) is 6.20 Å². The van der Waals surface area contributed by atoms with Gasteiger partial charge in [0.1, 0.15) is 5.69 Å². The van der Waals surface area contributed by atoms with Crippen molar-refractivity contribution in [1.29, 1.82) is 0 Å². The summed E-state index contributed by atoms with van der Waals surface area (Å²) >= 11 is 1.32. The Morgan fingerprint density at radius 2 is 2.67 bits per heavy atom. The van der Waals surface area contributed by atoms with Crippen LogP contribution in [0.1, 0.15) is 4.88 Å². The predicted molar refractivity (Wildman–Crippen MR) is 34.6 cm³/mol. The highest BCUT2D eigenvalue weighted by Gasteiger charge is 1.95. The molecule has 9 heavy (non-hydrogen) atoms. The first-order valence-corrected chi connectivity index (χ1v) is 3.11. The van der Waals surface area contributed by atoms with Crippen molar-refractivity contribution < 1.29 is 4.79 Å². The SMILES string of the molecule is Cc1sncc1N=C=O. The average molecular weight is 140 g/mol. The van der Waals surface area contributed by atoms with Crippen molar-refractivity contribution in [3.05, 3.63) is 11.1 Å². The van der Waals surface area contributed by atoms with Crippen LogP contribution in [0.25, 0.3) is 0 Å². The van der Waals surface area contributed by atoms with Crippen LogP contribution in [0, 0.1) is 6.92 Å². The van der Waals surface area contributed by atoms with Gasteiger partial charge in [-0.2, -0.15) is 9.37 Å². The van der Waals surface area contributed by atoms with Crippen LogP contribution in [-0.4, -0.2) is 10.5 Å². The molecular weight excluding hydrogens is 136 g/mol. The van der Waals surface area contributed by atoms with Gasteiger partial charge in [0.25, 0.3) is 0 Å². The molecule has 1 aromatic heterocycles. The standard InChI is InChI=1S/C5H4N2OS/c1-4-5(6-3-8)2-7-9-4/h2H,1H3. The van der Waals surface area contributed by atoms with E-state index in [2.05, 4.69) is 9.37 Å². The molecule has 1 aromatic rings. The zero-order valence-corrected chi connectivity index (χ0v) is 5.60. The highest BCUT2D eigenvalue weighted by Crippen LogP contribution is 2.19. The van der Waals surface area contributed by atoms with Crippen molar-refractivity contribution >= 4 is 23.3 Å². The molecule has 0 aliphatic rings. The number of nitrogens with zero attached hydrogens (tertiary/aromatic N) is 2. The summed E-state index contributed by atoms with van der Waals surface area (Å²) in [5, 5.41) is 0. The largest absolute Gasteiger partial charge is 0.240 e. The topological polar surface area (TPSA) is 42.3 Å². The lowest BCUT2D eigenvalue weighted by Gasteiger charge is -1.78. The van der Waals surface area contributed by atoms with Crippen LogP contribution in [0.5, 0.6) is 0 Å². The van der Waals surface area contributed by atoms with Crippen molar-refractivity contribution in [3.63, 3.8) is 0 Å². The maximum atomic E-state index is 9.71. The molecule has 4 heteroatoms. The number of hydrogen-bond acceptors (Lipinski definition) is 4. The van der Waals surface area contributed by atoms with Gasteiger partial charge in [0, 0.05) is 4.88 Å². The number of aromatic nitrogens is 1. The Morgan fingerprint density at radius 3 is 3.11 bits per heavy atom. The molecule has 0 amide bonds. The van der Waals surface area contributed by atoms with Gasteiger partial charge in [-0.15, -0.1) is 0 Å². The Bertz CT molecular complexity index is 249. The van der Waals surface area contributed by atoms with Crippen LogP contribution >= 0.6 is 11.5 Å². The summed E-state index contributed by atoms with van der Waals surface area (Å²) < 4.78 is 3.81. The molecule has 0 saturated carbocycles. The van der Waals surface area contributed by atoms with Gasteiger partial charge < -0.3 is 0 Å². The zero-order chi connectivity index (χ0) is 6.69. The van der Waals surface area contributed by atoms with Crippen LogP contribution < -0.4 is 0 Å². The van der Waals surface area contributed by atoms with Crippen molar-refractivity contribution in [2.24, 2.45) is 4.99 Å². The van der Waals surface area contributed by atoms with Crippen LogP contribution in [-0.2, 0) is 4.79 Å². The van der Waals surface area contributed by atoms with Gasteiger partial charge in [-0.1, -0.05) is 0 Å². The third-order valence-corrected chi connectivity index (χ3v) is 1.59. The van der Waals surface area contributed by atoms with Crippen molar-refractivity contribution in [1.82, 2.24) is 4.37 Å². The van der Waals surface area contributed by atoms with E-state index in [1.165, 1.54) is 17.6 Å². The molecule has 0 fully saturated rings. The summed E-state index contributed by atoms with van der Waals surface area (Å²) in [5.41, 5.74) is 0.620. The third kappa shape index (κ3) is 1.22. The van der Waals surface area contributed by atoms with Gasteiger partial charge in [-0.25, -0.2) is 4.79 Å². The fourth-order valence-corrected chi connectivity index (χ4v) is 0.952. The molecule has 0 saturated heterocycles. The van der Waals surface area contributed by atoms with Crippen molar-refractivity contribution in [2.75, 3.05) is 0 Å². The molecule has 0 aliphatic carbocycles. The van der Waals surface area contributed by atoms with E-state index in [-0.39, 0.29) is 0 Å². The molecule has 0 aromatic carbocycles. The Morgan fingerprint density at radius 1 is 1.89 bits per heavy atom. The first kappa shape index (κ1) is 6.13. The van der Waals surface area contributed by atoms with Gasteiger partial charge in [0.15, 0.2) is 0 Å². The summed E-state index contributed by atoms with van der Waals surface area (Å²) in [4.78, 5) is 14.1. The van der Waals surface area contributed by atoms with Gasteiger partial charge in [-0.3, -0.25) is 0 Å². The molecule has 0 unspecified atom stereocenters. The lowest BCUT2D eigenvalue weighted by Crippen LogP contribution is -1.57. The molecule has 0 aliphatic heterocycles. The van der Waals surface area contributed by atoms with Gasteiger partial charge in [0.2, 0.25) is 6.08 Å². The molecule has 1 heterocycles. The van der Waals surface area contributed by atoms with E-state index < -0.39 is 0 Å².